The number of hydrogen-bond acceptors (Lipinski definition) is 3. The number of rotatable bonds is 6. The van der Waals surface area contributed by atoms with Crippen molar-refractivity contribution in [1.82, 2.24) is 10.2 Å². The maximum absolute atomic E-state index is 11.8. The Hall–Kier alpha value is -0.610. The lowest BCUT2D eigenvalue weighted by Gasteiger charge is -2.47. The minimum Gasteiger partial charge on any atom is -0.353 e. The molecule has 0 aromatic carbocycles. The maximum atomic E-state index is 11.8. The molecule has 0 spiro atoms. The number of amides is 1. The number of hydrogen-bond donors (Lipinski definition) is 2. The number of nitrogens with one attached hydrogen (secondary N) is 1. The summed E-state index contributed by atoms with van der Waals surface area (Å²) in [6.45, 7) is 4.89. The van der Waals surface area contributed by atoms with Gasteiger partial charge in [-0.25, -0.2) is 0 Å². The molecule has 1 fully saturated rings. The standard InChI is InChI=1S/C13H27N3O/c1-10(2)8-11(14)12(17)15-9-13(16(3)4)6-5-7-13/h10-11H,5-9,14H2,1-4H3,(H,15,17)/t11-/m0/s1. The fourth-order valence-corrected chi connectivity index (χ4v) is 2.36. The van der Waals surface area contributed by atoms with E-state index in [4.69, 9.17) is 5.73 Å². The van der Waals surface area contributed by atoms with Gasteiger partial charge in [-0.2, -0.15) is 0 Å². The smallest absolute Gasteiger partial charge is 0.236 e. The zero-order valence-electron chi connectivity index (χ0n) is 11.6. The largest absolute Gasteiger partial charge is 0.353 e. The fourth-order valence-electron chi connectivity index (χ4n) is 2.36. The summed E-state index contributed by atoms with van der Waals surface area (Å²) in [6.07, 6.45) is 4.34. The van der Waals surface area contributed by atoms with Gasteiger partial charge >= 0.3 is 0 Å². The first-order chi connectivity index (χ1) is 7.87. The zero-order chi connectivity index (χ0) is 13.1. The molecule has 0 aromatic heterocycles. The molecule has 0 aliphatic heterocycles. The van der Waals surface area contributed by atoms with Crippen LogP contribution in [0, 0.1) is 5.92 Å². The zero-order valence-corrected chi connectivity index (χ0v) is 11.6. The van der Waals surface area contributed by atoms with Gasteiger partial charge in [0.25, 0.3) is 0 Å². The van der Waals surface area contributed by atoms with Gasteiger partial charge in [-0.3, -0.25) is 4.79 Å². The molecule has 1 aliphatic carbocycles. The Morgan fingerprint density at radius 3 is 2.35 bits per heavy atom. The molecule has 0 unspecified atom stereocenters. The lowest BCUT2D eigenvalue weighted by atomic mass is 9.75. The summed E-state index contributed by atoms with van der Waals surface area (Å²) in [6, 6.07) is -0.366. The predicted molar refractivity (Wildman–Crippen MR) is 70.7 cm³/mol. The summed E-state index contributed by atoms with van der Waals surface area (Å²) in [5.74, 6) is 0.453. The van der Waals surface area contributed by atoms with Gasteiger partial charge in [0.05, 0.1) is 6.04 Å². The van der Waals surface area contributed by atoms with Crippen LogP contribution in [0.15, 0.2) is 0 Å². The second-order valence-corrected chi connectivity index (χ2v) is 5.93. The van der Waals surface area contributed by atoms with Crippen molar-refractivity contribution in [2.24, 2.45) is 11.7 Å². The van der Waals surface area contributed by atoms with Gasteiger partial charge in [0, 0.05) is 12.1 Å². The van der Waals surface area contributed by atoms with Gasteiger partial charge in [-0.05, 0) is 45.7 Å². The summed E-state index contributed by atoms with van der Waals surface area (Å²) in [5, 5.41) is 3.01. The van der Waals surface area contributed by atoms with Crippen molar-refractivity contribution in [2.75, 3.05) is 20.6 Å². The Morgan fingerprint density at radius 2 is 2.00 bits per heavy atom. The third-order valence-electron chi connectivity index (χ3n) is 3.89. The normalized spacial score (nSPS) is 20.2. The molecule has 0 saturated heterocycles. The molecule has 0 bridgehead atoms. The highest BCUT2D eigenvalue weighted by molar-refractivity contribution is 5.81. The van der Waals surface area contributed by atoms with Crippen LogP contribution >= 0.6 is 0 Å². The number of nitrogens with two attached hydrogens (primary N) is 1. The van der Waals surface area contributed by atoms with Crippen molar-refractivity contribution in [3.8, 4) is 0 Å². The molecule has 1 rings (SSSR count). The van der Waals surface area contributed by atoms with Gasteiger partial charge in [0.2, 0.25) is 5.91 Å². The molecule has 4 nitrogen and oxygen atoms in total. The van der Waals surface area contributed by atoms with E-state index in [-0.39, 0.29) is 17.5 Å². The first-order valence-corrected chi connectivity index (χ1v) is 6.58. The van der Waals surface area contributed by atoms with Crippen LogP contribution in [-0.2, 0) is 4.79 Å². The summed E-state index contributed by atoms with van der Waals surface area (Å²) in [4.78, 5) is 14.1. The highest BCUT2D eigenvalue weighted by atomic mass is 16.2. The lowest BCUT2D eigenvalue weighted by Crippen LogP contribution is -2.58. The average Bonchev–Trinajstić information content (AvgIpc) is 2.13. The van der Waals surface area contributed by atoms with Gasteiger partial charge in [-0.1, -0.05) is 13.8 Å². The van der Waals surface area contributed by atoms with Crippen LogP contribution in [0.2, 0.25) is 0 Å². The van der Waals surface area contributed by atoms with E-state index < -0.39 is 0 Å². The Kier molecular flexibility index (Phi) is 4.95. The summed E-state index contributed by atoms with van der Waals surface area (Å²) >= 11 is 0. The monoisotopic (exact) mass is 241 g/mol. The predicted octanol–water partition coefficient (Wildman–Crippen LogP) is 0.960. The minimum absolute atomic E-state index is 0.00757. The maximum Gasteiger partial charge on any atom is 0.236 e. The van der Waals surface area contributed by atoms with E-state index in [1.807, 2.05) is 0 Å². The highest BCUT2D eigenvalue weighted by Crippen LogP contribution is 2.35. The van der Waals surface area contributed by atoms with Crippen LogP contribution in [-0.4, -0.2) is 43.0 Å². The average molecular weight is 241 g/mol. The number of carbonyl (C=O) groups excluding carboxylic acids is 1. The SMILES string of the molecule is CC(C)C[C@H](N)C(=O)NCC1(N(C)C)CCC1. The second kappa shape index (κ2) is 5.83. The van der Waals surface area contributed by atoms with E-state index >= 15 is 0 Å². The van der Waals surface area contributed by atoms with Crippen molar-refractivity contribution < 1.29 is 4.79 Å². The third kappa shape index (κ3) is 3.68. The van der Waals surface area contributed by atoms with Crippen molar-refractivity contribution in [3.05, 3.63) is 0 Å². The molecular weight excluding hydrogens is 214 g/mol. The van der Waals surface area contributed by atoms with Gasteiger partial charge in [0.1, 0.15) is 0 Å². The lowest BCUT2D eigenvalue weighted by molar-refractivity contribution is -0.123. The molecule has 1 aliphatic rings. The molecule has 0 heterocycles. The molecule has 17 heavy (non-hydrogen) atoms. The molecule has 100 valence electrons. The van der Waals surface area contributed by atoms with E-state index in [2.05, 4.69) is 38.2 Å². The second-order valence-electron chi connectivity index (χ2n) is 5.93. The number of likely N-dealkylation sites (N-methyl/N-ethyl adjacent to an activating group) is 1. The van der Waals surface area contributed by atoms with Crippen LogP contribution in [0.5, 0.6) is 0 Å². The Labute approximate surface area is 105 Å². The van der Waals surface area contributed by atoms with Gasteiger partial charge in [0.15, 0.2) is 0 Å². The summed E-state index contributed by atoms with van der Waals surface area (Å²) in [5.41, 5.74) is 6.03. The van der Waals surface area contributed by atoms with Crippen molar-refractivity contribution >= 4 is 5.91 Å². The van der Waals surface area contributed by atoms with E-state index in [1.54, 1.807) is 0 Å². The summed E-state index contributed by atoms with van der Waals surface area (Å²) in [7, 11) is 4.17. The Balaban J connectivity index is 2.37. The fraction of sp³-hybridized carbons (Fsp3) is 0.923. The molecule has 4 heteroatoms. The number of nitrogens with zero attached hydrogens (tertiary/aromatic N) is 1. The van der Waals surface area contributed by atoms with Gasteiger partial charge in [-0.15, -0.1) is 0 Å². The van der Waals surface area contributed by atoms with Crippen LogP contribution in [0.3, 0.4) is 0 Å². The van der Waals surface area contributed by atoms with Crippen LogP contribution in [0.4, 0.5) is 0 Å². The highest BCUT2D eigenvalue weighted by Gasteiger charge is 2.39. The van der Waals surface area contributed by atoms with E-state index in [9.17, 15) is 4.79 Å². The quantitative estimate of drug-likeness (QED) is 0.728. The van der Waals surface area contributed by atoms with Crippen molar-refractivity contribution in [2.45, 2.75) is 51.1 Å². The molecule has 1 amide bonds. The molecule has 1 atom stereocenters. The van der Waals surface area contributed by atoms with Crippen molar-refractivity contribution in [1.29, 1.82) is 0 Å². The van der Waals surface area contributed by atoms with Crippen LogP contribution in [0.25, 0.3) is 0 Å². The van der Waals surface area contributed by atoms with Crippen LogP contribution in [0.1, 0.15) is 39.5 Å². The minimum atomic E-state index is -0.366. The molecular formula is C13H27N3O. The van der Waals surface area contributed by atoms with E-state index in [0.29, 0.717) is 5.92 Å². The first kappa shape index (κ1) is 14.5. The first-order valence-electron chi connectivity index (χ1n) is 6.58. The third-order valence-corrected chi connectivity index (χ3v) is 3.89. The summed E-state index contributed by atoms with van der Waals surface area (Å²) < 4.78 is 0. The van der Waals surface area contributed by atoms with E-state index in [0.717, 1.165) is 13.0 Å². The molecule has 0 radical (unpaired) electrons. The topological polar surface area (TPSA) is 58.4 Å². The number of carbonyl (C=O) groups is 1. The molecule has 1 saturated carbocycles. The Morgan fingerprint density at radius 1 is 1.41 bits per heavy atom. The Bertz CT molecular complexity index is 259. The molecule has 0 aromatic rings. The molecule has 3 N–H and O–H groups in total. The van der Waals surface area contributed by atoms with Crippen LogP contribution < -0.4 is 11.1 Å². The van der Waals surface area contributed by atoms with E-state index in [1.165, 1.54) is 19.3 Å². The van der Waals surface area contributed by atoms with Crippen molar-refractivity contribution in [3.63, 3.8) is 0 Å². The van der Waals surface area contributed by atoms with Gasteiger partial charge < -0.3 is 16.0 Å².